The van der Waals surface area contributed by atoms with Crippen molar-refractivity contribution in [2.75, 3.05) is 6.61 Å². The van der Waals surface area contributed by atoms with Gasteiger partial charge in [-0.25, -0.2) is 13.9 Å². The van der Waals surface area contributed by atoms with Gasteiger partial charge >= 0.3 is 11.9 Å². The average Bonchev–Trinajstić information content (AvgIpc) is 2.69. The van der Waals surface area contributed by atoms with Gasteiger partial charge in [0, 0.05) is 34.9 Å². The van der Waals surface area contributed by atoms with Gasteiger partial charge in [-0.15, -0.1) is 0 Å². The van der Waals surface area contributed by atoms with Gasteiger partial charge in [-0.3, -0.25) is 0 Å². The predicted octanol–water partition coefficient (Wildman–Crippen LogP) is 4.85. The summed E-state index contributed by atoms with van der Waals surface area (Å²) in [6.07, 6.45) is 1.61. The van der Waals surface area contributed by atoms with E-state index in [4.69, 9.17) is 33.0 Å². The lowest BCUT2D eigenvalue weighted by molar-refractivity contribution is -0.139. The van der Waals surface area contributed by atoms with Crippen LogP contribution in [0.2, 0.25) is 10.0 Å². The fourth-order valence-electron chi connectivity index (χ4n) is 2.93. The summed E-state index contributed by atoms with van der Waals surface area (Å²) in [5.41, 5.74) is 2.22. The molecule has 1 aliphatic heterocycles. The number of carboxylic acids is 1. The Morgan fingerprint density at radius 2 is 1.93 bits per heavy atom. The number of nitrogens with zero attached hydrogens (tertiary/aromatic N) is 1. The van der Waals surface area contributed by atoms with Crippen molar-refractivity contribution in [1.29, 1.82) is 0 Å². The lowest BCUT2D eigenvalue weighted by atomic mass is 9.98. The van der Waals surface area contributed by atoms with E-state index in [2.05, 4.69) is 4.72 Å². The molecule has 2 aromatic rings. The Morgan fingerprint density at radius 1 is 1.21 bits per heavy atom. The molecule has 2 N–H and O–H groups in total. The first-order valence-corrected chi connectivity index (χ1v) is 10.3. The number of halogens is 2. The van der Waals surface area contributed by atoms with Crippen LogP contribution < -0.4 is 4.72 Å². The molecule has 29 heavy (non-hydrogen) atoms. The standard InChI is InChI=1S/C20H18Cl2N2O4S/c1-2-28-20(27)16-10-23-29-24(11-12-3-5-13(6-4-12)19(25)26)18(16)15-8-7-14(21)9-17(15)22/h3-10,18,23H,2,11H2,1H3,(H,25,26). The number of ether oxygens (including phenoxy) is 1. The topological polar surface area (TPSA) is 78.9 Å². The van der Waals surface area contributed by atoms with Crippen LogP contribution >= 0.6 is 35.3 Å². The van der Waals surface area contributed by atoms with Crippen molar-refractivity contribution in [3.05, 3.63) is 81.0 Å². The van der Waals surface area contributed by atoms with Crippen LogP contribution in [0.3, 0.4) is 0 Å². The van der Waals surface area contributed by atoms with E-state index in [9.17, 15) is 9.59 Å². The highest BCUT2D eigenvalue weighted by atomic mass is 35.5. The molecule has 1 aliphatic rings. The number of benzene rings is 2. The third-order valence-corrected chi connectivity index (χ3v) is 5.63. The molecule has 0 bridgehead atoms. The quantitative estimate of drug-likeness (QED) is 0.478. The molecule has 0 aromatic heterocycles. The van der Waals surface area contributed by atoms with Gasteiger partial charge in [0.2, 0.25) is 0 Å². The van der Waals surface area contributed by atoms with Gasteiger partial charge in [0.15, 0.2) is 0 Å². The van der Waals surface area contributed by atoms with E-state index in [-0.39, 0.29) is 12.2 Å². The highest BCUT2D eigenvalue weighted by Gasteiger charge is 2.34. The average molecular weight is 453 g/mol. The molecular formula is C20H18Cl2N2O4S. The number of esters is 1. The molecule has 0 saturated heterocycles. The maximum absolute atomic E-state index is 12.6. The van der Waals surface area contributed by atoms with Crippen LogP contribution in [-0.2, 0) is 16.1 Å². The van der Waals surface area contributed by atoms with E-state index in [0.717, 1.165) is 5.56 Å². The number of aromatic carboxylic acids is 1. The SMILES string of the molecule is CCOC(=O)C1=CNSN(Cc2ccc(C(=O)O)cc2)C1c1ccc(Cl)cc1Cl. The smallest absolute Gasteiger partial charge is 0.337 e. The maximum atomic E-state index is 12.6. The van der Waals surface area contributed by atoms with Crippen LogP contribution in [0, 0.1) is 0 Å². The van der Waals surface area contributed by atoms with Crippen molar-refractivity contribution >= 4 is 47.3 Å². The van der Waals surface area contributed by atoms with Crippen LogP contribution in [0.25, 0.3) is 0 Å². The van der Waals surface area contributed by atoms with E-state index >= 15 is 0 Å². The summed E-state index contributed by atoms with van der Waals surface area (Å²) in [5, 5.41) is 10.0. The molecule has 1 unspecified atom stereocenters. The number of rotatable bonds is 6. The Bertz CT molecular complexity index is 950. The van der Waals surface area contributed by atoms with E-state index < -0.39 is 18.0 Å². The van der Waals surface area contributed by atoms with Gasteiger partial charge in [0.25, 0.3) is 0 Å². The predicted molar refractivity (Wildman–Crippen MR) is 114 cm³/mol. The van der Waals surface area contributed by atoms with E-state index in [1.807, 2.05) is 4.31 Å². The molecule has 6 nitrogen and oxygen atoms in total. The molecule has 0 aliphatic carbocycles. The second-order valence-corrected chi connectivity index (χ2v) is 7.91. The monoisotopic (exact) mass is 452 g/mol. The Balaban J connectivity index is 1.96. The molecule has 9 heteroatoms. The third kappa shape index (κ3) is 5.05. The van der Waals surface area contributed by atoms with Gasteiger partial charge < -0.3 is 14.6 Å². The van der Waals surface area contributed by atoms with Crippen LogP contribution in [0.15, 0.2) is 54.2 Å². The third-order valence-electron chi connectivity index (χ3n) is 4.27. The zero-order chi connectivity index (χ0) is 21.0. The normalized spacial score (nSPS) is 16.7. The fourth-order valence-corrected chi connectivity index (χ4v) is 4.30. The molecule has 3 rings (SSSR count). The summed E-state index contributed by atoms with van der Waals surface area (Å²) >= 11 is 13.8. The second kappa shape index (κ2) is 9.54. The Morgan fingerprint density at radius 3 is 2.55 bits per heavy atom. The summed E-state index contributed by atoms with van der Waals surface area (Å²) in [6.45, 7) is 2.43. The fraction of sp³-hybridized carbons (Fsp3) is 0.200. The number of hydrogen-bond acceptors (Lipinski definition) is 6. The van der Waals surface area contributed by atoms with E-state index in [1.165, 1.54) is 12.1 Å². The maximum Gasteiger partial charge on any atom is 0.337 e. The first kappa shape index (κ1) is 21.5. The van der Waals surface area contributed by atoms with Crippen molar-refractivity contribution in [1.82, 2.24) is 9.03 Å². The number of carboxylic acid groups (broad SMARTS) is 1. The van der Waals surface area contributed by atoms with Crippen molar-refractivity contribution < 1.29 is 19.4 Å². The van der Waals surface area contributed by atoms with E-state index in [0.29, 0.717) is 27.7 Å². The molecule has 1 heterocycles. The van der Waals surface area contributed by atoms with Gasteiger partial charge in [0.05, 0.1) is 23.8 Å². The second-order valence-electron chi connectivity index (χ2n) is 6.17. The number of nitrogens with one attached hydrogen (secondary N) is 1. The lowest BCUT2D eigenvalue weighted by Gasteiger charge is -2.35. The highest BCUT2D eigenvalue weighted by Crippen LogP contribution is 2.41. The van der Waals surface area contributed by atoms with Crippen molar-refractivity contribution in [2.45, 2.75) is 19.5 Å². The Labute approximate surface area is 182 Å². The minimum atomic E-state index is -0.982. The molecule has 0 saturated carbocycles. The number of carbonyl (C=O) groups is 2. The van der Waals surface area contributed by atoms with Gasteiger partial charge in [0.1, 0.15) is 0 Å². The molecule has 0 amide bonds. The molecule has 1 atom stereocenters. The molecular weight excluding hydrogens is 435 g/mol. The van der Waals surface area contributed by atoms with Crippen molar-refractivity contribution in [2.24, 2.45) is 0 Å². The Kier molecular flexibility index (Phi) is 7.08. The summed E-state index contributed by atoms with van der Waals surface area (Å²) in [5.74, 6) is -1.42. The molecule has 0 spiro atoms. The summed E-state index contributed by atoms with van der Waals surface area (Å²) in [4.78, 5) is 23.7. The van der Waals surface area contributed by atoms with Crippen LogP contribution in [0.5, 0.6) is 0 Å². The summed E-state index contributed by atoms with van der Waals surface area (Å²) in [6, 6.07) is 11.2. The number of carbonyl (C=O) groups excluding carboxylic acids is 1. The molecule has 2 aromatic carbocycles. The van der Waals surface area contributed by atoms with Crippen molar-refractivity contribution in [3.63, 3.8) is 0 Å². The Hall–Kier alpha value is -2.19. The minimum Gasteiger partial charge on any atom is -0.478 e. The van der Waals surface area contributed by atoms with Gasteiger partial charge in [-0.1, -0.05) is 41.4 Å². The number of hydrogen-bond donors (Lipinski definition) is 2. The molecule has 0 radical (unpaired) electrons. The largest absolute Gasteiger partial charge is 0.478 e. The zero-order valence-corrected chi connectivity index (χ0v) is 17.7. The summed E-state index contributed by atoms with van der Waals surface area (Å²) in [7, 11) is 0. The minimum absolute atomic E-state index is 0.211. The van der Waals surface area contributed by atoms with Crippen LogP contribution in [-0.4, -0.2) is 28.0 Å². The molecule has 152 valence electrons. The van der Waals surface area contributed by atoms with Gasteiger partial charge in [-0.05, 0) is 42.3 Å². The summed E-state index contributed by atoms with van der Waals surface area (Å²) < 4.78 is 10.2. The van der Waals surface area contributed by atoms with E-state index in [1.54, 1.807) is 55.6 Å². The van der Waals surface area contributed by atoms with Gasteiger partial charge in [-0.2, -0.15) is 0 Å². The van der Waals surface area contributed by atoms with Crippen LogP contribution in [0.4, 0.5) is 0 Å². The zero-order valence-electron chi connectivity index (χ0n) is 15.4. The highest BCUT2D eigenvalue weighted by molar-refractivity contribution is 7.95. The lowest BCUT2D eigenvalue weighted by Crippen LogP contribution is -2.34. The first-order chi connectivity index (χ1) is 13.9. The molecule has 0 fully saturated rings. The first-order valence-electron chi connectivity index (χ1n) is 8.74. The van der Waals surface area contributed by atoms with Crippen LogP contribution in [0.1, 0.15) is 34.5 Å². The van der Waals surface area contributed by atoms with Crippen molar-refractivity contribution in [3.8, 4) is 0 Å².